The van der Waals surface area contributed by atoms with Gasteiger partial charge in [0.05, 0.1) is 0 Å². The zero-order valence-corrected chi connectivity index (χ0v) is 16.4. The molecular weight excluding hydrogens is 310 g/mol. The fourth-order valence-electron chi connectivity index (χ4n) is 3.17. The minimum atomic E-state index is 0.489. The quantitative estimate of drug-likeness (QED) is 0.452. The second kappa shape index (κ2) is 10.3. The van der Waals surface area contributed by atoms with E-state index >= 15 is 0 Å². The number of anilines is 1. The first-order chi connectivity index (χ1) is 12.1. The SMILES string of the molecule is CN=C(NCCCCC(C)C)NC1CCN(c2ccc(C)cn2)CC1. The van der Waals surface area contributed by atoms with Gasteiger partial charge in [0, 0.05) is 38.9 Å². The van der Waals surface area contributed by atoms with Gasteiger partial charge in [-0.05, 0) is 43.7 Å². The summed E-state index contributed by atoms with van der Waals surface area (Å²) in [7, 11) is 1.86. The maximum Gasteiger partial charge on any atom is 0.191 e. The lowest BCUT2D eigenvalue weighted by atomic mass is 10.1. The van der Waals surface area contributed by atoms with Crippen LogP contribution in [0.4, 0.5) is 5.82 Å². The largest absolute Gasteiger partial charge is 0.356 e. The third kappa shape index (κ3) is 6.92. The lowest BCUT2D eigenvalue weighted by Crippen LogP contribution is -2.49. The van der Waals surface area contributed by atoms with E-state index in [-0.39, 0.29) is 0 Å². The van der Waals surface area contributed by atoms with E-state index in [4.69, 9.17) is 0 Å². The summed E-state index contributed by atoms with van der Waals surface area (Å²) < 4.78 is 0. The maximum absolute atomic E-state index is 4.54. The Morgan fingerprint density at radius 1 is 1.28 bits per heavy atom. The van der Waals surface area contributed by atoms with Gasteiger partial charge in [-0.25, -0.2) is 4.98 Å². The van der Waals surface area contributed by atoms with E-state index in [9.17, 15) is 0 Å². The van der Waals surface area contributed by atoms with Gasteiger partial charge in [0.15, 0.2) is 5.96 Å². The van der Waals surface area contributed by atoms with Crippen LogP contribution in [0, 0.1) is 12.8 Å². The molecule has 1 aromatic rings. The number of aliphatic imine (C=N–C) groups is 1. The summed E-state index contributed by atoms with van der Waals surface area (Å²) in [5, 5.41) is 7.03. The van der Waals surface area contributed by atoms with Gasteiger partial charge in [0.2, 0.25) is 0 Å². The van der Waals surface area contributed by atoms with Gasteiger partial charge >= 0.3 is 0 Å². The van der Waals surface area contributed by atoms with Crippen LogP contribution in [0.2, 0.25) is 0 Å². The van der Waals surface area contributed by atoms with E-state index in [0.29, 0.717) is 6.04 Å². The minimum absolute atomic E-state index is 0.489. The van der Waals surface area contributed by atoms with E-state index < -0.39 is 0 Å². The average Bonchev–Trinajstić information content (AvgIpc) is 2.61. The molecule has 1 fully saturated rings. The van der Waals surface area contributed by atoms with Crippen molar-refractivity contribution in [1.82, 2.24) is 15.6 Å². The van der Waals surface area contributed by atoms with E-state index in [0.717, 1.165) is 50.2 Å². The summed E-state index contributed by atoms with van der Waals surface area (Å²) in [6, 6.07) is 4.75. The molecule has 0 radical (unpaired) electrons. The zero-order chi connectivity index (χ0) is 18.1. The van der Waals surface area contributed by atoms with Crippen molar-refractivity contribution in [3.63, 3.8) is 0 Å². The van der Waals surface area contributed by atoms with Crippen molar-refractivity contribution in [2.45, 2.75) is 58.9 Å². The molecule has 0 aliphatic carbocycles. The molecule has 2 rings (SSSR count). The van der Waals surface area contributed by atoms with Gasteiger partial charge in [0.25, 0.3) is 0 Å². The van der Waals surface area contributed by atoms with Gasteiger partial charge < -0.3 is 15.5 Å². The van der Waals surface area contributed by atoms with Crippen LogP contribution in [0.25, 0.3) is 0 Å². The highest BCUT2D eigenvalue weighted by atomic mass is 15.2. The molecule has 1 aliphatic rings. The van der Waals surface area contributed by atoms with Gasteiger partial charge in [-0.2, -0.15) is 0 Å². The second-order valence-electron chi connectivity index (χ2n) is 7.49. The first-order valence-electron chi connectivity index (χ1n) is 9.73. The molecule has 140 valence electrons. The lowest BCUT2D eigenvalue weighted by Gasteiger charge is -2.33. The molecule has 0 unspecified atom stereocenters. The number of piperidine rings is 1. The number of guanidine groups is 1. The van der Waals surface area contributed by atoms with Crippen LogP contribution >= 0.6 is 0 Å². The third-order valence-electron chi connectivity index (χ3n) is 4.78. The Labute approximate surface area is 153 Å². The maximum atomic E-state index is 4.54. The number of pyridine rings is 1. The molecule has 5 heteroatoms. The summed E-state index contributed by atoms with van der Waals surface area (Å²) in [6.45, 7) is 9.73. The molecule has 0 bridgehead atoms. The Balaban J connectivity index is 1.68. The van der Waals surface area contributed by atoms with Crippen LogP contribution in [0.5, 0.6) is 0 Å². The Morgan fingerprint density at radius 2 is 2.04 bits per heavy atom. The highest BCUT2D eigenvalue weighted by Crippen LogP contribution is 2.18. The normalized spacial score (nSPS) is 16.4. The molecule has 1 aliphatic heterocycles. The van der Waals surface area contributed by atoms with Crippen molar-refractivity contribution in [2.24, 2.45) is 10.9 Å². The molecule has 0 atom stereocenters. The number of aryl methyl sites for hydroxylation is 1. The summed E-state index contributed by atoms with van der Waals surface area (Å²) in [4.78, 5) is 11.3. The molecule has 0 saturated carbocycles. The summed E-state index contributed by atoms with van der Waals surface area (Å²) in [6.07, 6.45) is 7.97. The molecule has 5 nitrogen and oxygen atoms in total. The summed E-state index contributed by atoms with van der Waals surface area (Å²) in [5.41, 5.74) is 1.21. The Hall–Kier alpha value is -1.78. The highest BCUT2D eigenvalue weighted by Gasteiger charge is 2.20. The van der Waals surface area contributed by atoms with Crippen LogP contribution in [0.1, 0.15) is 51.5 Å². The van der Waals surface area contributed by atoms with Crippen molar-refractivity contribution < 1.29 is 0 Å². The van der Waals surface area contributed by atoms with E-state index in [2.05, 4.69) is 58.4 Å². The molecule has 2 heterocycles. The van der Waals surface area contributed by atoms with Crippen molar-refractivity contribution in [2.75, 3.05) is 31.6 Å². The van der Waals surface area contributed by atoms with E-state index in [1.807, 2.05) is 13.2 Å². The first kappa shape index (κ1) is 19.5. The third-order valence-corrected chi connectivity index (χ3v) is 4.78. The molecular formula is C20H35N5. The molecule has 1 aromatic heterocycles. The first-order valence-corrected chi connectivity index (χ1v) is 9.73. The summed E-state index contributed by atoms with van der Waals surface area (Å²) >= 11 is 0. The number of hydrogen-bond donors (Lipinski definition) is 2. The van der Waals surface area contributed by atoms with E-state index in [1.54, 1.807) is 0 Å². The minimum Gasteiger partial charge on any atom is -0.356 e. The molecule has 0 spiro atoms. The highest BCUT2D eigenvalue weighted by molar-refractivity contribution is 5.79. The smallest absolute Gasteiger partial charge is 0.191 e. The van der Waals surface area contributed by atoms with Crippen LogP contribution in [0.3, 0.4) is 0 Å². The summed E-state index contributed by atoms with van der Waals surface area (Å²) in [5.74, 6) is 2.83. The average molecular weight is 346 g/mol. The number of hydrogen-bond acceptors (Lipinski definition) is 3. The zero-order valence-electron chi connectivity index (χ0n) is 16.4. The standard InChI is InChI=1S/C20H35N5/c1-16(2)7-5-6-12-22-20(21-4)24-18-10-13-25(14-11-18)19-9-8-17(3)15-23-19/h8-9,15-16,18H,5-7,10-14H2,1-4H3,(H2,21,22,24). The number of aromatic nitrogens is 1. The second-order valence-corrected chi connectivity index (χ2v) is 7.49. The van der Waals surface area contributed by atoms with Crippen LogP contribution in [-0.4, -0.2) is 43.7 Å². The Morgan fingerprint density at radius 3 is 2.64 bits per heavy atom. The number of unbranched alkanes of at least 4 members (excludes halogenated alkanes) is 1. The van der Waals surface area contributed by atoms with Gasteiger partial charge in [-0.3, -0.25) is 4.99 Å². The molecule has 1 saturated heterocycles. The predicted octanol–water partition coefficient (Wildman–Crippen LogP) is 3.35. The molecule has 0 aromatic carbocycles. The van der Waals surface area contributed by atoms with Crippen molar-refractivity contribution >= 4 is 11.8 Å². The molecule has 25 heavy (non-hydrogen) atoms. The van der Waals surface area contributed by atoms with E-state index in [1.165, 1.54) is 24.8 Å². The fraction of sp³-hybridized carbons (Fsp3) is 0.700. The van der Waals surface area contributed by atoms with Gasteiger partial charge in [-0.15, -0.1) is 0 Å². The Kier molecular flexibility index (Phi) is 8.02. The molecule has 2 N–H and O–H groups in total. The lowest BCUT2D eigenvalue weighted by molar-refractivity contribution is 0.458. The number of rotatable bonds is 7. The van der Waals surface area contributed by atoms with Crippen LogP contribution in [0.15, 0.2) is 23.3 Å². The van der Waals surface area contributed by atoms with Crippen LogP contribution < -0.4 is 15.5 Å². The van der Waals surface area contributed by atoms with Gasteiger partial charge in [0.1, 0.15) is 5.82 Å². The molecule has 0 amide bonds. The van der Waals surface area contributed by atoms with Crippen LogP contribution in [-0.2, 0) is 0 Å². The number of nitrogens with one attached hydrogen (secondary N) is 2. The van der Waals surface area contributed by atoms with Crippen molar-refractivity contribution in [3.8, 4) is 0 Å². The predicted molar refractivity (Wildman–Crippen MR) is 107 cm³/mol. The Bertz CT molecular complexity index is 515. The van der Waals surface area contributed by atoms with Gasteiger partial charge in [-0.1, -0.05) is 32.8 Å². The monoisotopic (exact) mass is 345 g/mol. The number of nitrogens with zero attached hydrogens (tertiary/aromatic N) is 3. The van der Waals surface area contributed by atoms with Crippen molar-refractivity contribution in [1.29, 1.82) is 0 Å². The van der Waals surface area contributed by atoms with Crippen molar-refractivity contribution in [3.05, 3.63) is 23.9 Å². The topological polar surface area (TPSA) is 52.6 Å². The fourth-order valence-corrected chi connectivity index (χ4v) is 3.17.